The minimum atomic E-state index is -0.349. The number of rotatable bonds is 5. The Labute approximate surface area is 192 Å². The van der Waals surface area contributed by atoms with Gasteiger partial charge in [0.1, 0.15) is 5.75 Å². The van der Waals surface area contributed by atoms with E-state index in [9.17, 15) is 9.90 Å². The first kappa shape index (κ1) is 22.6. The quantitative estimate of drug-likeness (QED) is 0.309. The van der Waals surface area contributed by atoms with E-state index in [0.29, 0.717) is 15.1 Å². The van der Waals surface area contributed by atoms with Crippen molar-refractivity contribution in [2.24, 2.45) is 5.10 Å². The maximum atomic E-state index is 12.3. The summed E-state index contributed by atoms with van der Waals surface area (Å²) in [4.78, 5) is 14.8. The zero-order valence-corrected chi connectivity index (χ0v) is 20.4. The fourth-order valence-corrected chi connectivity index (χ4v) is 4.65. The van der Waals surface area contributed by atoms with Gasteiger partial charge in [-0.05, 0) is 109 Å². The minimum absolute atomic E-state index is 0.0892. The van der Waals surface area contributed by atoms with Crippen LogP contribution in [-0.2, 0) is 0 Å². The predicted molar refractivity (Wildman–Crippen MR) is 132 cm³/mol. The average Bonchev–Trinajstić information content (AvgIpc) is 2.67. The number of hydrogen-bond donors (Lipinski definition) is 2. The summed E-state index contributed by atoms with van der Waals surface area (Å²) in [5.41, 5.74) is 7.85. The number of carbonyl (C=O) groups is 1. The number of aromatic hydroxyl groups is 1. The molecule has 160 valence electrons. The van der Waals surface area contributed by atoms with Crippen molar-refractivity contribution in [3.8, 4) is 5.75 Å². The Morgan fingerprint density at radius 1 is 1.37 bits per heavy atom. The highest BCUT2D eigenvalue weighted by molar-refractivity contribution is 14.1. The van der Waals surface area contributed by atoms with Gasteiger partial charge in [0, 0.05) is 23.3 Å². The van der Waals surface area contributed by atoms with Crippen LogP contribution in [0, 0.1) is 10.5 Å². The second-order valence-electron chi connectivity index (χ2n) is 8.70. The number of fused-ring (bicyclic) bond motifs is 1. The molecule has 0 saturated heterocycles. The topological polar surface area (TPSA) is 64.9 Å². The van der Waals surface area contributed by atoms with E-state index in [1.54, 1.807) is 18.3 Å². The number of amides is 1. The smallest absolute Gasteiger partial charge is 0.271 e. The van der Waals surface area contributed by atoms with E-state index >= 15 is 0 Å². The molecular weight excluding hydrogens is 489 g/mol. The van der Waals surface area contributed by atoms with Crippen LogP contribution < -0.4 is 10.3 Å². The van der Waals surface area contributed by atoms with Crippen LogP contribution in [-0.4, -0.2) is 29.3 Å². The van der Waals surface area contributed by atoms with Gasteiger partial charge >= 0.3 is 0 Å². The number of hydrazone groups is 1. The highest BCUT2D eigenvalue weighted by Crippen LogP contribution is 2.44. The molecule has 0 aliphatic carbocycles. The van der Waals surface area contributed by atoms with Crippen molar-refractivity contribution in [1.82, 2.24) is 5.43 Å². The molecule has 0 fully saturated rings. The molecule has 1 atom stereocenters. The Hall–Kier alpha value is -2.09. The van der Waals surface area contributed by atoms with Gasteiger partial charge < -0.3 is 10.0 Å². The van der Waals surface area contributed by atoms with Crippen molar-refractivity contribution in [3.63, 3.8) is 0 Å². The van der Waals surface area contributed by atoms with Crippen LogP contribution in [0.1, 0.15) is 73.5 Å². The molecule has 0 aromatic heterocycles. The van der Waals surface area contributed by atoms with Crippen LogP contribution in [0.15, 0.2) is 35.4 Å². The summed E-state index contributed by atoms with van der Waals surface area (Å²) >= 11 is 2.02. The summed E-state index contributed by atoms with van der Waals surface area (Å²) in [5, 5.41) is 14.0. The molecule has 30 heavy (non-hydrogen) atoms. The molecule has 0 radical (unpaired) electrons. The van der Waals surface area contributed by atoms with Crippen LogP contribution in [0.3, 0.4) is 0 Å². The van der Waals surface area contributed by atoms with Gasteiger partial charge in [0.05, 0.1) is 9.78 Å². The summed E-state index contributed by atoms with van der Waals surface area (Å²) in [5.74, 6) is 0.198. The lowest BCUT2D eigenvalue weighted by atomic mass is 9.79. The van der Waals surface area contributed by atoms with E-state index in [1.165, 1.54) is 17.3 Å². The summed E-state index contributed by atoms with van der Waals surface area (Å²) in [6.07, 6.45) is 3.92. The first-order chi connectivity index (χ1) is 14.1. The zero-order chi connectivity index (χ0) is 22.1. The minimum Gasteiger partial charge on any atom is -0.507 e. The fourth-order valence-electron chi connectivity index (χ4n) is 4.32. The molecule has 0 saturated carbocycles. The third kappa shape index (κ3) is 4.63. The Bertz CT molecular complexity index is 985. The Kier molecular flexibility index (Phi) is 6.75. The monoisotopic (exact) mass is 519 g/mol. The van der Waals surface area contributed by atoms with Crippen LogP contribution in [0.5, 0.6) is 5.75 Å². The Balaban J connectivity index is 1.83. The lowest BCUT2D eigenvalue weighted by molar-refractivity contribution is 0.0954. The van der Waals surface area contributed by atoms with Gasteiger partial charge in [-0.1, -0.05) is 13.8 Å². The van der Waals surface area contributed by atoms with E-state index in [-0.39, 0.29) is 17.2 Å². The molecule has 0 bridgehead atoms. The third-order valence-corrected chi connectivity index (χ3v) is 6.71. The summed E-state index contributed by atoms with van der Waals surface area (Å²) in [6.45, 7) is 12.3. The zero-order valence-electron chi connectivity index (χ0n) is 18.3. The first-order valence-corrected chi connectivity index (χ1v) is 11.5. The van der Waals surface area contributed by atoms with E-state index in [4.69, 9.17) is 0 Å². The maximum Gasteiger partial charge on any atom is 0.271 e. The number of anilines is 1. The molecule has 1 heterocycles. The molecule has 2 aromatic rings. The molecule has 1 aliphatic heterocycles. The maximum absolute atomic E-state index is 12.3. The van der Waals surface area contributed by atoms with E-state index in [1.807, 2.05) is 22.6 Å². The summed E-state index contributed by atoms with van der Waals surface area (Å²) in [7, 11) is 0. The lowest BCUT2D eigenvalue weighted by Gasteiger charge is -2.48. The molecule has 2 aromatic carbocycles. The standard InChI is InChI=1S/C24H30IN3O2/c1-6-9-28-21-10-15(2)18(11-19(21)16(3)13-24(28,4)5)14-26-27-23(30)17-7-8-20(25)22(29)12-17/h7-8,10-12,14,16,29H,6,9,13H2,1-5H3,(H,27,30)/b26-14-. The number of carbonyl (C=O) groups excluding carboxylic acids is 1. The number of phenolic OH excluding ortho intramolecular Hbond substituents is 1. The molecule has 1 amide bonds. The van der Waals surface area contributed by atoms with Gasteiger partial charge in [-0.3, -0.25) is 4.79 Å². The van der Waals surface area contributed by atoms with E-state index in [2.05, 4.69) is 62.2 Å². The van der Waals surface area contributed by atoms with Gasteiger partial charge in [-0.2, -0.15) is 5.10 Å². The summed E-state index contributed by atoms with van der Waals surface area (Å²) in [6, 6.07) is 9.28. The van der Waals surface area contributed by atoms with Crippen LogP contribution >= 0.6 is 22.6 Å². The normalized spacial score (nSPS) is 17.8. The number of nitrogens with one attached hydrogen (secondary N) is 1. The van der Waals surface area contributed by atoms with Gasteiger partial charge in [-0.15, -0.1) is 0 Å². The fraction of sp³-hybridized carbons (Fsp3) is 0.417. The summed E-state index contributed by atoms with van der Waals surface area (Å²) < 4.78 is 0.701. The van der Waals surface area contributed by atoms with E-state index < -0.39 is 0 Å². The number of aryl methyl sites for hydroxylation is 1. The van der Waals surface area contributed by atoms with Crippen LogP contribution in [0.4, 0.5) is 5.69 Å². The van der Waals surface area contributed by atoms with Gasteiger partial charge in [0.15, 0.2) is 0 Å². The van der Waals surface area contributed by atoms with Crippen molar-refractivity contribution >= 4 is 40.4 Å². The largest absolute Gasteiger partial charge is 0.507 e. The lowest BCUT2D eigenvalue weighted by Crippen LogP contribution is -2.48. The molecular formula is C24H30IN3O2. The SMILES string of the molecule is CCCN1c2cc(C)c(/C=N\NC(=O)c3ccc(I)c(O)c3)cc2C(C)CC1(C)C. The van der Waals surface area contributed by atoms with E-state index in [0.717, 1.165) is 30.5 Å². The van der Waals surface area contributed by atoms with Gasteiger partial charge in [-0.25, -0.2) is 5.43 Å². The molecule has 0 spiro atoms. The van der Waals surface area contributed by atoms with Crippen molar-refractivity contribution in [2.75, 3.05) is 11.4 Å². The molecule has 3 rings (SSSR count). The van der Waals surface area contributed by atoms with Crippen molar-refractivity contribution < 1.29 is 9.90 Å². The highest BCUT2D eigenvalue weighted by atomic mass is 127. The molecule has 1 aliphatic rings. The van der Waals surface area contributed by atoms with Crippen LogP contribution in [0.2, 0.25) is 0 Å². The van der Waals surface area contributed by atoms with Gasteiger partial charge in [0.2, 0.25) is 0 Å². The first-order valence-electron chi connectivity index (χ1n) is 10.4. The second kappa shape index (κ2) is 8.96. The number of nitrogens with zero attached hydrogens (tertiary/aromatic N) is 2. The molecule has 1 unspecified atom stereocenters. The van der Waals surface area contributed by atoms with Gasteiger partial charge in [0.25, 0.3) is 5.91 Å². The number of halogens is 1. The second-order valence-corrected chi connectivity index (χ2v) is 9.86. The number of benzene rings is 2. The third-order valence-electron chi connectivity index (χ3n) is 5.80. The highest BCUT2D eigenvalue weighted by Gasteiger charge is 2.36. The number of hydrogen-bond acceptors (Lipinski definition) is 4. The van der Waals surface area contributed by atoms with Crippen molar-refractivity contribution in [1.29, 1.82) is 0 Å². The number of phenols is 1. The van der Waals surface area contributed by atoms with Crippen molar-refractivity contribution in [3.05, 3.63) is 56.2 Å². The Morgan fingerprint density at radius 2 is 2.10 bits per heavy atom. The molecule has 6 heteroatoms. The molecule has 2 N–H and O–H groups in total. The van der Waals surface area contributed by atoms with Crippen LogP contribution in [0.25, 0.3) is 0 Å². The Morgan fingerprint density at radius 3 is 2.77 bits per heavy atom. The van der Waals surface area contributed by atoms with Crippen molar-refractivity contribution in [2.45, 2.75) is 58.9 Å². The predicted octanol–water partition coefficient (Wildman–Crippen LogP) is 5.57. The average molecular weight is 519 g/mol. The molecule has 5 nitrogen and oxygen atoms in total.